The van der Waals surface area contributed by atoms with Crippen LogP contribution in [0.1, 0.15) is 41.5 Å². The van der Waals surface area contributed by atoms with E-state index in [2.05, 4.69) is 72.2 Å². The lowest BCUT2D eigenvalue weighted by molar-refractivity contribution is -0.130. The number of rotatable bonds is 3. The Labute approximate surface area is 163 Å². The van der Waals surface area contributed by atoms with Crippen LogP contribution in [0.2, 0.25) is 0 Å². The number of piperidine rings is 1. The SMILES string of the molecule is CC(=O)N1C[C@@H](c2cccc(C)c2)[C@@H]2CN(Cc3cccc(C)c3)CC[C@@H]21. The Kier molecular flexibility index (Phi) is 5.05. The lowest BCUT2D eigenvalue weighted by Gasteiger charge is -2.39. The standard InChI is InChI=1S/C24H30N2O/c1-17-6-4-8-20(12-17)14-25-11-10-24-23(15-25)22(16-26(24)19(3)27)21-9-5-7-18(2)13-21/h4-9,12-13,22-24H,10-11,14-16H2,1-3H3/t22-,23-,24-/m0/s1. The second kappa shape index (κ2) is 7.47. The first-order chi connectivity index (χ1) is 13.0. The van der Waals surface area contributed by atoms with Gasteiger partial charge in [0.25, 0.3) is 0 Å². The van der Waals surface area contributed by atoms with Crippen molar-refractivity contribution in [2.24, 2.45) is 5.92 Å². The molecule has 3 nitrogen and oxygen atoms in total. The van der Waals surface area contributed by atoms with Crippen molar-refractivity contribution in [1.29, 1.82) is 0 Å². The average molecular weight is 363 g/mol. The van der Waals surface area contributed by atoms with Crippen molar-refractivity contribution in [3.8, 4) is 0 Å². The first-order valence-electron chi connectivity index (χ1n) is 10.1. The van der Waals surface area contributed by atoms with Crippen molar-refractivity contribution in [3.63, 3.8) is 0 Å². The summed E-state index contributed by atoms with van der Waals surface area (Å²) < 4.78 is 0. The van der Waals surface area contributed by atoms with Gasteiger partial charge in [-0.25, -0.2) is 0 Å². The Morgan fingerprint density at radius 1 is 1.04 bits per heavy atom. The van der Waals surface area contributed by atoms with E-state index < -0.39 is 0 Å². The summed E-state index contributed by atoms with van der Waals surface area (Å²) in [7, 11) is 0. The highest BCUT2D eigenvalue weighted by atomic mass is 16.2. The molecule has 2 aliphatic rings. The topological polar surface area (TPSA) is 23.6 Å². The van der Waals surface area contributed by atoms with Gasteiger partial charge in [-0.15, -0.1) is 0 Å². The van der Waals surface area contributed by atoms with Gasteiger partial charge in [-0.2, -0.15) is 0 Å². The van der Waals surface area contributed by atoms with Crippen LogP contribution in [0.3, 0.4) is 0 Å². The predicted molar refractivity (Wildman–Crippen MR) is 110 cm³/mol. The van der Waals surface area contributed by atoms with Gasteiger partial charge in [0.15, 0.2) is 0 Å². The van der Waals surface area contributed by atoms with Gasteiger partial charge in [-0.05, 0) is 31.4 Å². The number of amides is 1. The third-order valence-corrected chi connectivity index (χ3v) is 6.38. The van der Waals surface area contributed by atoms with E-state index in [0.717, 1.165) is 32.6 Å². The molecule has 0 aromatic heterocycles. The van der Waals surface area contributed by atoms with Crippen LogP contribution in [-0.4, -0.2) is 41.4 Å². The van der Waals surface area contributed by atoms with Crippen molar-refractivity contribution in [1.82, 2.24) is 9.80 Å². The summed E-state index contributed by atoms with van der Waals surface area (Å²) in [5.41, 5.74) is 5.41. The highest BCUT2D eigenvalue weighted by Crippen LogP contribution is 2.42. The van der Waals surface area contributed by atoms with E-state index >= 15 is 0 Å². The molecule has 3 atom stereocenters. The Bertz CT molecular complexity index is 831. The summed E-state index contributed by atoms with van der Waals surface area (Å²) in [6, 6.07) is 18.1. The van der Waals surface area contributed by atoms with Crippen molar-refractivity contribution in [2.75, 3.05) is 19.6 Å². The molecule has 2 aromatic rings. The van der Waals surface area contributed by atoms with Gasteiger partial charge in [0, 0.05) is 51.0 Å². The first-order valence-corrected chi connectivity index (χ1v) is 10.1. The second-order valence-electron chi connectivity index (χ2n) is 8.44. The molecular weight excluding hydrogens is 332 g/mol. The molecule has 2 aliphatic heterocycles. The van der Waals surface area contributed by atoms with E-state index in [9.17, 15) is 4.79 Å². The fourth-order valence-corrected chi connectivity index (χ4v) is 5.13. The minimum atomic E-state index is 0.229. The lowest BCUT2D eigenvalue weighted by atomic mass is 9.81. The number of hydrogen-bond acceptors (Lipinski definition) is 2. The van der Waals surface area contributed by atoms with Crippen LogP contribution in [0.4, 0.5) is 0 Å². The largest absolute Gasteiger partial charge is 0.339 e. The molecule has 2 saturated heterocycles. The molecule has 2 fully saturated rings. The Morgan fingerprint density at radius 2 is 1.78 bits per heavy atom. The van der Waals surface area contributed by atoms with E-state index in [0.29, 0.717) is 17.9 Å². The van der Waals surface area contributed by atoms with Crippen LogP contribution < -0.4 is 0 Å². The number of likely N-dealkylation sites (tertiary alicyclic amines) is 2. The van der Waals surface area contributed by atoms with Crippen LogP contribution in [0.15, 0.2) is 48.5 Å². The Hall–Kier alpha value is -2.13. The molecular formula is C24H30N2O. The highest BCUT2D eigenvalue weighted by molar-refractivity contribution is 5.74. The average Bonchev–Trinajstić information content (AvgIpc) is 3.01. The molecule has 3 heteroatoms. The fourth-order valence-electron chi connectivity index (χ4n) is 5.13. The van der Waals surface area contributed by atoms with Gasteiger partial charge >= 0.3 is 0 Å². The molecule has 142 valence electrons. The van der Waals surface area contributed by atoms with Gasteiger partial charge in [0.05, 0.1) is 0 Å². The first kappa shape index (κ1) is 18.2. The third-order valence-electron chi connectivity index (χ3n) is 6.38. The third kappa shape index (κ3) is 3.79. The summed E-state index contributed by atoms with van der Waals surface area (Å²) in [5.74, 6) is 1.20. The quantitative estimate of drug-likeness (QED) is 0.819. The summed E-state index contributed by atoms with van der Waals surface area (Å²) in [4.78, 5) is 17.0. The molecule has 0 unspecified atom stereocenters. The molecule has 0 aliphatic carbocycles. The molecule has 0 spiro atoms. The molecule has 0 bridgehead atoms. The summed E-state index contributed by atoms with van der Waals surface area (Å²) in [5, 5.41) is 0. The Balaban J connectivity index is 1.56. The van der Waals surface area contributed by atoms with E-state index in [1.54, 1.807) is 6.92 Å². The number of nitrogens with zero attached hydrogens (tertiary/aromatic N) is 2. The maximum Gasteiger partial charge on any atom is 0.219 e. The molecule has 2 aromatic carbocycles. The number of benzene rings is 2. The maximum absolute atomic E-state index is 12.3. The predicted octanol–water partition coefficient (Wildman–Crippen LogP) is 4.14. The van der Waals surface area contributed by atoms with Crippen molar-refractivity contribution in [3.05, 3.63) is 70.8 Å². The van der Waals surface area contributed by atoms with Crippen LogP contribution >= 0.6 is 0 Å². The van der Waals surface area contributed by atoms with E-state index in [1.807, 2.05) is 0 Å². The van der Waals surface area contributed by atoms with Crippen LogP contribution in [0.25, 0.3) is 0 Å². The molecule has 27 heavy (non-hydrogen) atoms. The van der Waals surface area contributed by atoms with Gasteiger partial charge in [0.2, 0.25) is 5.91 Å². The summed E-state index contributed by atoms with van der Waals surface area (Å²) in [6.07, 6.45) is 1.08. The van der Waals surface area contributed by atoms with Crippen LogP contribution in [0.5, 0.6) is 0 Å². The van der Waals surface area contributed by atoms with E-state index in [1.165, 1.54) is 22.3 Å². The van der Waals surface area contributed by atoms with Crippen molar-refractivity contribution in [2.45, 2.75) is 45.7 Å². The number of aryl methyl sites for hydroxylation is 2. The minimum Gasteiger partial charge on any atom is -0.339 e. The number of carbonyl (C=O) groups excluding carboxylic acids is 1. The lowest BCUT2D eigenvalue weighted by Crippen LogP contribution is -2.47. The maximum atomic E-state index is 12.3. The van der Waals surface area contributed by atoms with E-state index in [4.69, 9.17) is 0 Å². The molecule has 0 N–H and O–H groups in total. The summed E-state index contributed by atoms with van der Waals surface area (Å²) >= 11 is 0. The van der Waals surface area contributed by atoms with Crippen LogP contribution in [0, 0.1) is 19.8 Å². The molecule has 2 heterocycles. The van der Waals surface area contributed by atoms with Crippen LogP contribution in [-0.2, 0) is 11.3 Å². The zero-order valence-corrected chi connectivity index (χ0v) is 16.7. The smallest absolute Gasteiger partial charge is 0.219 e. The molecule has 4 rings (SSSR count). The number of fused-ring (bicyclic) bond motifs is 1. The van der Waals surface area contributed by atoms with E-state index in [-0.39, 0.29) is 5.91 Å². The van der Waals surface area contributed by atoms with Crippen molar-refractivity contribution >= 4 is 5.91 Å². The summed E-state index contributed by atoms with van der Waals surface area (Å²) in [6.45, 7) is 10.1. The zero-order valence-electron chi connectivity index (χ0n) is 16.7. The van der Waals surface area contributed by atoms with Gasteiger partial charge in [-0.1, -0.05) is 59.7 Å². The van der Waals surface area contributed by atoms with Gasteiger partial charge in [0.1, 0.15) is 0 Å². The molecule has 0 radical (unpaired) electrons. The second-order valence-corrected chi connectivity index (χ2v) is 8.44. The number of carbonyl (C=O) groups is 1. The minimum absolute atomic E-state index is 0.229. The van der Waals surface area contributed by atoms with Gasteiger partial charge < -0.3 is 4.90 Å². The Morgan fingerprint density at radius 3 is 2.48 bits per heavy atom. The van der Waals surface area contributed by atoms with Gasteiger partial charge in [-0.3, -0.25) is 9.69 Å². The number of hydrogen-bond donors (Lipinski definition) is 0. The molecule has 1 amide bonds. The normalized spacial score (nSPS) is 25.4. The highest BCUT2D eigenvalue weighted by Gasteiger charge is 2.46. The fraction of sp³-hybridized carbons (Fsp3) is 0.458. The molecule has 0 saturated carbocycles. The monoisotopic (exact) mass is 362 g/mol. The zero-order chi connectivity index (χ0) is 19.0. The van der Waals surface area contributed by atoms with Crippen molar-refractivity contribution < 1.29 is 4.79 Å².